The molecule has 13 heteroatoms. The van der Waals surface area contributed by atoms with Gasteiger partial charge in [-0.1, -0.05) is 86.1 Å². The van der Waals surface area contributed by atoms with Gasteiger partial charge in [-0.05, 0) is 115 Å². The fourth-order valence-corrected chi connectivity index (χ4v) is 9.86. The van der Waals surface area contributed by atoms with Gasteiger partial charge in [-0.2, -0.15) is 0 Å². The average molecular weight is 858 g/mol. The van der Waals surface area contributed by atoms with E-state index in [4.69, 9.17) is 28.4 Å². The number of methoxy groups -OCH3 is 1. The lowest BCUT2D eigenvalue weighted by Crippen LogP contribution is -2.62. The summed E-state index contributed by atoms with van der Waals surface area (Å²) in [6, 6.07) is 31.5. The normalized spacial score (nSPS) is 26.4. The van der Waals surface area contributed by atoms with Crippen molar-refractivity contribution in [2.24, 2.45) is 17.3 Å². The monoisotopic (exact) mass is 857 g/mol. The third kappa shape index (κ3) is 9.70. The third-order valence-corrected chi connectivity index (χ3v) is 13.1. The summed E-state index contributed by atoms with van der Waals surface area (Å²) in [6.45, 7) is 4.88. The van der Waals surface area contributed by atoms with Crippen LogP contribution in [0.15, 0.2) is 115 Å². The smallest absolute Gasteiger partial charge is 0.338 e. The zero-order chi connectivity index (χ0) is 43.9. The number of carbonyl (C=O) groups excluding carboxylic acids is 3. The summed E-state index contributed by atoms with van der Waals surface area (Å²) >= 11 is 0. The summed E-state index contributed by atoms with van der Waals surface area (Å²) < 4.78 is 38.3. The van der Waals surface area contributed by atoms with E-state index < -0.39 is 48.6 Å². The first kappa shape index (κ1) is 43.7. The lowest BCUT2D eigenvalue weighted by atomic mass is 9.54. The maximum atomic E-state index is 13.8. The van der Waals surface area contributed by atoms with E-state index in [2.05, 4.69) is 36.3 Å². The van der Waals surface area contributed by atoms with Crippen molar-refractivity contribution >= 4 is 17.9 Å². The van der Waals surface area contributed by atoms with Gasteiger partial charge in [-0.25, -0.2) is 19.1 Å². The predicted octanol–water partition coefficient (Wildman–Crippen LogP) is 7.76. The molecule has 5 aromatic rings. The molecule has 0 amide bonds. The Morgan fingerprint density at radius 3 is 2.00 bits per heavy atom. The van der Waals surface area contributed by atoms with Gasteiger partial charge in [0.15, 0.2) is 24.6 Å². The van der Waals surface area contributed by atoms with Crippen molar-refractivity contribution in [3.8, 4) is 5.75 Å². The summed E-state index contributed by atoms with van der Waals surface area (Å²) in [4.78, 5) is 41.0. The Hall–Kier alpha value is -5.89. The number of benzene rings is 4. The summed E-state index contributed by atoms with van der Waals surface area (Å²) in [5.74, 6) is 0.153. The molecule has 1 aliphatic heterocycles. The molecule has 2 fully saturated rings. The second-order valence-electron chi connectivity index (χ2n) is 17.1. The Bertz CT molecular complexity index is 2320. The SMILES string of the molecule is CCC[C@H]1[C@@H]2CCc3cc(OCc4cn(C[C@H]5O[C@H](OC)[C@H](OC(=O)c6ccccc6)[C@@H](OC(=O)c6ccccc6)[C@@H]5OC(=O)c5ccccc5)nn4)ccc3[C@H]2CC[C@]1(C)CO. The molecule has 9 atom stereocenters. The molecule has 1 N–H and O–H groups in total. The minimum Gasteiger partial charge on any atom is -0.487 e. The van der Waals surface area contributed by atoms with Crippen LogP contribution < -0.4 is 4.74 Å². The highest BCUT2D eigenvalue weighted by Crippen LogP contribution is 2.56. The number of carbonyl (C=O) groups is 3. The number of aryl methyl sites for hydroxylation is 1. The number of rotatable bonds is 15. The van der Waals surface area contributed by atoms with Crippen LogP contribution in [0.5, 0.6) is 5.75 Å². The minimum absolute atomic E-state index is 0.0198. The minimum atomic E-state index is -1.39. The number of aromatic nitrogens is 3. The highest BCUT2D eigenvalue weighted by molar-refractivity contribution is 5.91. The summed E-state index contributed by atoms with van der Waals surface area (Å²) in [7, 11) is 1.38. The average Bonchev–Trinajstić information content (AvgIpc) is 3.78. The van der Waals surface area contributed by atoms with E-state index >= 15 is 0 Å². The van der Waals surface area contributed by atoms with Crippen molar-refractivity contribution < 1.29 is 47.9 Å². The van der Waals surface area contributed by atoms with E-state index in [0.29, 0.717) is 23.4 Å². The molecule has 2 aliphatic carbocycles. The molecule has 0 spiro atoms. The van der Waals surface area contributed by atoms with Gasteiger partial charge < -0.3 is 33.5 Å². The van der Waals surface area contributed by atoms with Crippen LogP contribution in [0.25, 0.3) is 0 Å². The summed E-state index contributed by atoms with van der Waals surface area (Å²) in [5, 5.41) is 19.1. The third-order valence-electron chi connectivity index (χ3n) is 13.1. The number of fused-ring (bicyclic) bond motifs is 3. The topological polar surface area (TPSA) is 158 Å². The molecule has 4 aromatic carbocycles. The van der Waals surface area contributed by atoms with Crippen LogP contribution in [0.2, 0.25) is 0 Å². The fraction of sp³-hybridized carbons (Fsp3) is 0.420. The summed E-state index contributed by atoms with van der Waals surface area (Å²) in [6.07, 6.45) is 1.80. The molecule has 330 valence electrons. The van der Waals surface area contributed by atoms with Crippen LogP contribution in [0.1, 0.15) is 99.8 Å². The van der Waals surface area contributed by atoms with Crippen LogP contribution in [-0.4, -0.2) is 82.4 Å². The van der Waals surface area contributed by atoms with Crippen LogP contribution in [0.4, 0.5) is 0 Å². The number of esters is 3. The molecular weight excluding hydrogens is 803 g/mol. The van der Waals surface area contributed by atoms with Crippen molar-refractivity contribution in [3.05, 3.63) is 149 Å². The largest absolute Gasteiger partial charge is 0.487 e. The van der Waals surface area contributed by atoms with E-state index in [1.54, 1.807) is 97.2 Å². The van der Waals surface area contributed by atoms with Crippen LogP contribution in [0, 0.1) is 17.3 Å². The van der Waals surface area contributed by atoms with Gasteiger partial charge in [0.2, 0.25) is 0 Å². The number of hydrogen-bond donors (Lipinski definition) is 1. The quantitative estimate of drug-likeness (QED) is 0.0808. The molecule has 8 rings (SSSR count). The van der Waals surface area contributed by atoms with Gasteiger partial charge in [0, 0.05) is 13.7 Å². The number of nitrogens with zero attached hydrogens (tertiary/aromatic N) is 3. The van der Waals surface area contributed by atoms with Gasteiger partial charge in [0.05, 0.1) is 29.4 Å². The Labute approximate surface area is 367 Å². The van der Waals surface area contributed by atoms with Crippen molar-refractivity contribution in [3.63, 3.8) is 0 Å². The standard InChI is InChI=1S/C50H55N3O10/c1-4-14-41-40-23-21-35-27-37(22-24-38(35)39(40)25-26-50(41,2)31-54)59-30-36-28-53(52-51-36)29-42-43(61-46(55)32-15-8-5-9-16-32)44(62-47(56)33-17-10-6-11-18-33)45(49(58-3)60-42)63-48(57)34-19-12-7-13-20-34/h5-13,15-20,22,24,27-28,39-45,49,54H,4,14,21,23,25-26,29-31H2,1-3H3/t39-,40-,41+,42-,43-,44+,45-,49+,50-/m1/s1. The molecule has 3 aliphatic rings. The second kappa shape index (κ2) is 19.7. The maximum Gasteiger partial charge on any atom is 0.338 e. The van der Waals surface area contributed by atoms with E-state index in [9.17, 15) is 19.5 Å². The number of ether oxygens (including phenoxy) is 6. The van der Waals surface area contributed by atoms with Gasteiger partial charge >= 0.3 is 17.9 Å². The number of aliphatic hydroxyl groups is 1. The van der Waals surface area contributed by atoms with Crippen LogP contribution >= 0.6 is 0 Å². The van der Waals surface area contributed by atoms with Gasteiger partial charge in [-0.3, -0.25) is 0 Å². The molecule has 1 aromatic heterocycles. The Morgan fingerprint density at radius 1 is 0.810 bits per heavy atom. The first-order valence-electron chi connectivity index (χ1n) is 21.9. The summed E-state index contributed by atoms with van der Waals surface area (Å²) in [5.41, 5.74) is 3.98. The highest BCUT2D eigenvalue weighted by Gasteiger charge is 2.53. The second-order valence-corrected chi connectivity index (χ2v) is 17.1. The molecule has 13 nitrogen and oxygen atoms in total. The van der Waals surface area contributed by atoms with Crippen molar-refractivity contribution in [2.45, 2.75) is 102 Å². The lowest BCUT2D eigenvalue weighted by Gasteiger charge is -2.51. The molecule has 2 heterocycles. The number of hydrogen-bond acceptors (Lipinski definition) is 12. The highest BCUT2D eigenvalue weighted by atomic mass is 16.7. The van der Waals surface area contributed by atoms with Gasteiger partial charge in [-0.15, -0.1) is 5.10 Å². The Balaban J connectivity index is 1.02. The van der Waals surface area contributed by atoms with Crippen molar-refractivity contribution in [1.82, 2.24) is 15.0 Å². The fourth-order valence-electron chi connectivity index (χ4n) is 9.86. The molecule has 0 bridgehead atoms. The molecule has 63 heavy (non-hydrogen) atoms. The van der Waals surface area contributed by atoms with Gasteiger partial charge in [0.25, 0.3) is 0 Å². The first-order chi connectivity index (χ1) is 30.7. The number of aliphatic hydroxyl groups excluding tert-OH is 1. The van der Waals surface area contributed by atoms with Gasteiger partial charge in [0.1, 0.15) is 24.2 Å². The van der Waals surface area contributed by atoms with Crippen LogP contribution in [0.3, 0.4) is 0 Å². The van der Waals surface area contributed by atoms with Crippen molar-refractivity contribution in [2.75, 3.05) is 13.7 Å². The molecular formula is C50H55N3O10. The molecule has 1 saturated carbocycles. The van der Waals surface area contributed by atoms with Crippen molar-refractivity contribution in [1.29, 1.82) is 0 Å². The first-order valence-corrected chi connectivity index (χ1v) is 21.9. The van der Waals surface area contributed by atoms with E-state index in [1.165, 1.54) is 22.9 Å². The lowest BCUT2D eigenvalue weighted by molar-refractivity contribution is -0.289. The molecule has 1 saturated heterocycles. The van der Waals surface area contributed by atoms with E-state index in [-0.39, 0.29) is 41.9 Å². The zero-order valence-corrected chi connectivity index (χ0v) is 35.9. The van der Waals surface area contributed by atoms with Crippen LogP contribution in [-0.2, 0) is 43.3 Å². The Morgan fingerprint density at radius 2 is 1.41 bits per heavy atom. The Kier molecular flexibility index (Phi) is 13.6. The molecule has 0 unspecified atom stereocenters. The van der Waals surface area contributed by atoms with E-state index in [1.807, 2.05) is 6.07 Å². The predicted molar refractivity (Wildman–Crippen MR) is 231 cm³/mol. The zero-order valence-electron chi connectivity index (χ0n) is 35.9. The molecule has 0 radical (unpaired) electrons. The maximum absolute atomic E-state index is 13.8. The van der Waals surface area contributed by atoms with E-state index in [0.717, 1.165) is 44.3 Å².